The highest BCUT2D eigenvalue weighted by Gasteiger charge is 2.30. The smallest absolute Gasteiger partial charge is 0.421 e. The fourth-order valence-corrected chi connectivity index (χ4v) is 2.68. The molecule has 0 saturated carbocycles. The first-order valence-electron chi connectivity index (χ1n) is 9.34. The van der Waals surface area contributed by atoms with E-state index in [1.165, 1.54) is 0 Å². The molecule has 0 bridgehead atoms. The lowest BCUT2D eigenvalue weighted by Gasteiger charge is -2.32. The molecule has 0 aromatic rings. The van der Waals surface area contributed by atoms with Crippen LogP contribution in [0.15, 0.2) is 0 Å². The Morgan fingerprint density at radius 1 is 1.11 bits per heavy atom. The van der Waals surface area contributed by atoms with E-state index < -0.39 is 17.2 Å². The summed E-state index contributed by atoms with van der Waals surface area (Å²) >= 11 is 4.14. The number of nitrogens with one attached hydrogen (secondary N) is 2. The number of hydrazine groups is 1. The maximum Gasteiger partial charge on any atom is 0.421 e. The molecular weight excluding hydrogens is 370 g/mol. The van der Waals surface area contributed by atoms with Gasteiger partial charge in [-0.25, -0.2) is 10.6 Å². The molecule has 0 aromatic carbocycles. The molecule has 8 nitrogen and oxygen atoms in total. The summed E-state index contributed by atoms with van der Waals surface area (Å²) in [6, 6.07) is 0. The molecule has 0 saturated heterocycles. The zero-order valence-corrected chi connectivity index (χ0v) is 17.8. The quantitative estimate of drug-likeness (QED) is 0.0933. The van der Waals surface area contributed by atoms with E-state index >= 15 is 0 Å². The monoisotopic (exact) mass is 405 g/mol. The number of hydrogen-bond acceptors (Lipinski definition) is 7. The number of amides is 2. The molecular formula is C18H35N3O5S. The van der Waals surface area contributed by atoms with E-state index in [4.69, 9.17) is 15.3 Å². The number of carbonyl (C=O) groups is 3. The van der Waals surface area contributed by atoms with Gasteiger partial charge in [-0.05, 0) is 45.8 Å². The van der Waals surface area contributed by atoms with Crippen molar-refractivity contribution >= 4 is 30.6 Å². The van der Waals surface area contributed by atoms with Crippen molar-refractivity contribution < 1.29 is 23.9 Å². The zero-order chi connectivity index (χ0) is 20.9. The van der Waals surface area contributed by atoms with Crippen LogP contribution < -0.4 is 16.6 Å². The standard InChI is InChI=1S/C18H35N3O5S/c1-5-18(4,10-11-25-16(24)21-19)20-14(22)13-17(2,3)26-15(23)9-7-6-8-12-27/h27H,5-13,19H2,1-4H3,(H,20,22)(H,21,24). The molecule has 2 amide bonds. The van der Waals surface area contributed by atoms with E-state index in [1.54, 1.807) is 13.8 Å². The van der Waals surface area contributed by atoms with Crippen LogP contribution in [0.4, 0.5) is 4.79 Å². The highest BCUT2D eigenvalue weighted by Crippen LogP contribution is 2.20. The van der Waals surface area contributed by atoms with Crippen molar-refractivity contribution in [3.05, 3.63) is 0 Å². The molecule has 1 unspecified atom stereocenters. The van der Waals surface area contributed by atoms with E-state index in [0.29, 0.717) is 19.3 Å². The molecule has 27 heavy (non-hydrogen) atoms. The van der Waals surface area contributed by atoms with Crippen molar-refractivity contribution in [3.8, 4) is 0 Å². The molecule has 0 aliphatic rings. The van der Waals surface area contributed by atoms with Crippen LogP contribution in [0.1, 0.15) is 72.6 Å². The second-order valence-corrected chi connectivity index (χ2v) is 7.88. The SMILES string of the molecule is CCC(C)(CCOC(=O)NN)NC(=O)CC(C)(C)OC(=O)CCCCCS. The minimum Gasteiger partial charge on any atom is -0.459 e. The van der Waals surface area contributed by atoms with Crippen molar-refractivity contribution in [3.63, 3.8) is 0 Å². The summed E-state index contributed by atoms with van der Waals surface area (Å²) < 4.78 is 10.3. The van der Waals surface area contributed by atoms with Gasteiger partial charge >= 0.3 is 12.1 Å². The lowest BCUT2D eigenvalue weighted by atomic mass is 9.93. The topological polar surface area (TPSA) is 120 Å². The summed E-state index contributed by atoms with van der Waals surface area (Å²) in [5.41, 5.74) is 0.444. The zero-order valence-electron chi connectivity index (χ0n) is 16.9. The van der Waals surface area contributed by atoms with Gasteiger partial charge in [-0.2, -0.15) is 12.6 Å². The molecule has 0 rings (SSSR count). The van der Waals surface area contributed by atoms with Crippen molar-refractivity contribution in [2.24, 2.45) is 5.84 Å². The number of thiol groups is 1. The third-order valence-electron chi connectivity index (χ3n) is 4.24. The van der Waals surface area contributed by atoms with Crippen molar-refractivity contribution in [2.75, 3.05) is 12.4 Å². The van der Waals surface area contributed by atoms with Crippen molar-refractivity contribution in [1.82, 2.24) is 10.7 Å². The number of ether oxygens (including phenoxy) is 2. The maximum atomic E-state index is 12.4. The van der Waals surface area contributed by atoms with E-state index in [2.05, 4.69) is 17.9 Å². The van der Waals surface area contributed by atoms with Crippen LogP contribution in [-0.2, 0) is 19.1 Å². The summed E-state index contributed by atoms with van der Waals surface area (Å²) in [5.74, 6) is 5.23. The van der Waals surface area contributed by atoms with Gasteiger partial charge < -0.3 is 14.8 Å². The third kappa shape index (κ3) is 12.5. The van der Waals surface area contributed by atoms with E-state index in [0.717, 1.165) is 25.0 Å². The molecule has 0 aliphatic heterocycles. The minimum atomic E-state index is -0.894. The van der Waals surface area contributed by atoms with Crippen molar-refractivity contribution in [2.45, 2.75) is 83.8 Å². The Morgan fingerprint density at radius 3 is 2.33 bits per heavy atom. The van der Waals surface area contributed by atoms with Crippen LogP contribution in [0.2, 0.25) is 0 Å². The van der Waals surface area contributed by atoms with E-state index in [-0.39, 0.29) is 24.9 Å². The molecule has 0 fully saturated rings. The second kappa shape index (κ2) is 12.8. The first-order valence-corrected chi connectivity index (χ1v) is 9.98. The predicted molar refractivity (Wildman–Crippen MR) is 107 cm³/mol. The third-order valence-corrected chi connectivity index (χ3v) is 4.56. The van der Waals surface area contributed by atoms with E-state index in [1.807, 2.05) is 19.3 Å². The van der Waals surface area contributed by atoms with Gasteiger partial charge in [0.25, 0.3) is 0 Å². The van der Waals surface area contributed by atoms with Crippen LogP contribution >= 0.6 is 12.6 Å². The van der Waals surface area contributed by atoms with Gasteiger partial charge in [0.15, 0.2) is 0 Å². The van der Waals surface area contributed by atoms with Gasteiger partial charge in [0.1, 0.15) is 5.60 Å². The van der Waals surface area contributed by atoms with Crippen LogP contribution in [0.25, 0.3) is 0 Å². The van der Waals surface area contributed by atoms with E-state index in [9.17, 15) is 14.4 Å². The summed E-state index contributed by atoms with van der Waals surface area (Å²) in [6.45, 7) is 7.36. The summed E-state index contributed by atoms with van der Waals surface area (Å²) in [6.07, 6.45) is 3.41. The first kappa shape index (κ1) is 25.5. The minimum absolute atomic E-state index is 0.0507. The second-order valence-electron chi connectivity index (χ2n) is 7.44. The van der Waals surface area contributed by atoms with Gasteiger partial charge in [-0.1, -0.05) is 13.3 Å². The Kier molecular flexibility index (Phi) is 12.1. The molecule has 0 heterocycles. The summed E-state index contributed by atoms with van der Waals surface area (Å²) in [7, 11) is 0. The van der Waals surface area contributed by atoms with Gasteiger partial charge in [0.05, 0.1) is 13.0 Å². The van der Waals surface area contributed by atoms with Crippen LogP contribution in [0.3, 0.4) is 0 Å². The number of carbonyl (C=O) groups excluding carboxylic acids is 3. The molecule has 0 spiro atoms. The summed E-state index contributed by atoms with van der Waals surface area (Å²) in [5, 5.41) is 2.94. The average Bonchev–Trinajstić information content (AvgIpc) is 2.57. The Hall–Kier alpha value is -1.48. The first-order chi connectivity index (χ1) is 12.6. The van der Waals surface area contributed by atoms with Gasteiger partial charge in [0, 0.05) is 18.4 Å². The lowest BCUT2D eigenvalue weighted by Crippen LogP contribution is -2.48. The largest absolute Gasteiger partial charge is 0.459 e. The molecule has 158 valence electrons. The van der Waals surface area contributed by atoms with Gasteiger partial charge in [-0.15, -0.1) is 0 Å². The highest BCUT2D eigenvalue weighted by molar-refractivity contribution is 7.80. The number of esters is 1. The fourth-order valence-electron chi connectivity index (χ4n) is 2.46. The number of nitrogens with two attached hydrogens (primary N) is 1. The van der Waals surface area contributed by atoms with Gasteiger partial charge in [-0.3, -0.25) is 15.0 Å². The normalized spacial score (nSPS) is 13.4. The highest BCUT2D eigenvalue weighted by atomic mass is 32.1. The Bertz CT molecular complexity index is 488. The Balaban J connectivity index is 4.43. The molecule has 0 aromatic heterocycles. The molecule has 4 N–H and O–H groups in total. The lowest BCUT2D eigenvalue weighted by molar-refractivity contribution is -0.158. The van der Waals surface area contributed by atoms with Crippen LogP contribution in [-0.4, -0.2) is 41.5 Å². The number of rotatable bonds is 13. The summed E-state index contributed by atoms with van der Waals surface area (Å²) in [4.78, 5) is 35.4. The fraction of sp³-hybridized carbons (Fsp3) is 0.833. The molecule has 9 heteroatoms. The number of hydrogen-bond donors (Lipinski definition) is 4. The van der Waals surface area contributed by atoms with Crippen LogP contribution in [0.5, 0.6) is 0 Å². The average molecular weight is 406 g/mol. The Morgan fingerprint density at radius 2 is 1.78 bits per heavy atom. The molecule has 1 atom stereocenters. The predicted octanol–water partition coefficient (Wildman–Crippen LogP) is 2.46. The number of unbranched alkanes of at least 4 members (excludes halogenated alkanes) is 2. The van der Waals surface area contributed by atoms with Crippen molar-refractivity contribution in [1.29, 1.82) is 0 Å². The van der Waals surface area contributed by atoms with Gasteiger partial charge in [0.2, 0.25) is 5.91 Å². The molecule has 0 radical (unpaired) electrons. The Labute approximate surface area is 167 Å². The molecule has 0 aliphatic carbocycles. The maximum absolute atomic E-state index is 12.4. The van der Waals surface area contributed by atoms with Crippen LogP contribution in [0, 0.1) is 0 Å².